The van der Waals surface area contributed by atoms with Crippen LogP contribution in [0.3, 0.4) is 0 Å². The van der Waals surface area contributed by atoms with Crippen molar-refractivity contribution < 1.29 is 4.79 Å². The highest BCUT2D eigenvalue weighted by Gasteiger charge is 2.35. The number of carbonyl (C=O) groups excluding carboxylic acids is 1. The fourth-order valence-corrected chi connectivity index (χ4v) is 2.03. The van der Waals surface area contributed by atoms with Crippen LogP contribution in [-0.4, -0.2) is 26.5 Å². The first-order chi connectivity index (χ1) is 7.29. The Kier molecular flexibility index (Phi) is 2.70. The van der Waals surface area contributed by atoms with E-state index in [0.29, 0.717) is 6.54 Å². The first kappa shape index (κ1) is 10.1. The predicted octanol–water partition coefficient (Wildman–Crippen LogP) is 0.471. The van der Waals surface area contributed by atoms with Gasteiger partial charge in [-0.05, 0) is 18.7 Å². The van der Waals surface area contributed by atoms with Crippen molar-refractivity contribution in [3.8, 4) is 0 Å². The molecule has 4 heteroatoms. The molecule has 1 aliphatic rings. The normalized spacial score (nSPS) is 19.5. The minimum absolute atomic E-state index is 0.0707. The van der Waals surface area contributed by atoms with Gasteiger partial charge >= 0.3 is 0 Å². The maximum Gasteiger partial charge on any atom is 0.250 e. The molecule has 0 radical (unpaired) electrons. The van der Waals surface area contributed by atoms with Crippen molar-refractivity contribution in [3.63, 3.8) is 0 Å². The van der Waals surface area contributed by atoms with E-state index < -0.39 is 0 Å². The lowest BCUT2D eigenvalue weighted by Gasteiger charge is -2.15. The van der Waals surface area contributed by atoms with Crippen molar-refractivity contribution >= 4 is 11.6 Å². The zero-order valence-electron chi connectivity index (χ0n) is 8.95. The molecule has 0 saturated heterocycles. The summed E-state index contributed by atoms with van der Waals surface area (Å²) in [5, 5.41) is 4.66. The zero-order chi connectivity index (χ0) is 10.8. The first-order valence-corrected chi connectivity index (χ1v) is 5.04. The van der Waals surface area contributed by atoms with Gasteiger partial charge in [-0.25, -0.2) is 10.4 Å². The Bertz CT molecular complexity index is 378. The molecule has 1 unspecified atom stereocenters. The molecule has 4 nitrogen and oxygen atoms in total. The number of hydrogen-bond donors (Lipinski definition) is 2. The molecular formula is C11H15N3O. The molecule has 0 bridgehead atoms. The second-order valence-corrected chi connectivity index (χ2v) is 3.57. The van der Waals surface area contributed by atoms with Crippen LogP contribution < -0.4 is 15.8 Å². The summed E-state index contributed by atoms with van der Waals surface area (Å²) in [4.78, 5) is 12.0. The number of rotatable bonds is 3. The fraction of sp³-hybridized carbons (Fsp3) is 0.364. The Morgan fingerprint density at radius 3 is 2.73 bits per heavy atom. The van der Waals surface area contributed by atoms with Crippen molar-refractivity contribution in [1.82, 2.24) is 10.7 Å². The molecule has 15 heavy (non-hydrogen) atoms. The third kappa shape index (κ3) is 1.52. The molecular weight excluding hydrogens is 190 g/mol. The van der Waals surface area contributed by atoms with Gasteiger partial charge in [-0.2, -0.15) is 0 Å². The number of hydrazine groups is 1. The van der Waals surface area contributed by atoms with Gasteiger partial charge < -0.3 is 5.32 Å². The summed E-state index contributed by atoms with van der Waals surface area (Å²) in [5.41, 5.74) is 4.97. The third-order valence-corrected chi connectivity index (χ3v) is 2.70. The number of likely N-dealkylation sites (N-methyl/N-ethyl adjacent to an activating group) is 1. The van der Waals surface area contributed by atoms with E-state index in [0.717, 1.165) is 11.3 Å². The van der Waals surface area contributed by atoms with Crippen LogP contribution in [-0.2, 0) is 4.79 Å². The second kappa shape index (κ2) is 4.00. The number of para-hydroxylation sites is 1. The minimum atomic E-state index is -0.0707. The van der Waals surface area contributed by atoms with Crippen molar-refractivity contribution in [2.24, 2.45) is 0 Å². The highest BCUT2D eigenvalue weighted by atomic mass is 16.2. The maximum atomic E-state index is 12.0. The summed E-state index contributed by atoms with van der Waals surface area (Å²) in [5.74, 6) is 0.0340. The van der Waals surface area contributed by atoms with Gasteiger partial charge in [0.25, 0.3) is 0 Å². The smallest absolute Gasteiger partial charge is 0.250 e. The summed E-state index contributed by atoms with van der Waals surface area (Å²) in [6.45, 7) is 0.675. The highest BCUT2D eigenvalue weighted by molar-refractivity contribution is 6.04. The van der Waals surface area contributed by atoms with Gasteiger partial charge in [-0.15, -0.1) is 0 Å². The van der Waals surface area contributed by atoms with Gasteiger partial charge in [-0.1, -0.05) is 18.2 Å². The van der Waals surface area contributed by atoms with Crippen molar-refractivity contribution in [1.29, 1.82) is 0 Å². The van der Waals surface area contributed by atoms with Crippen molar-refractivity contribution in [3.05, 3.63) is 29.8 Å². The Morgan fingerprint density at radius 2 is 2.07 bits per heavy atom. The number of benzene rings is 1. The number of nitrogens with one attached hydrogen (secondary N) is 2. The van der Waals surface area contributed by atoms with Crippen LogP contribution in [0.1, 0.15) is 11.5 Å². The van der Waals surface area contributed by atoms with Crippen LogP contribution in [0.15, 0.2) is 24.3 Å². The first-order valence-electron chi connectivity index (χ1n) is 5.04. The van der Waals surface area contributed by atoms with Crippen molar-refractivity contribution in [2.45, 2.75) is 5.92 Å². The topological polar surface area (TPSA) is 44.4 Å². The Morgan fingerprint density at radius 1 is 1.33 bits per heavy atom. The predicted molar refractivity (Wildman–Crippen MR) is 59.7 cm³/mol. The van der Waals surface area contributed by atoms with Crippen LogP contribution in [0, 0.1) is 0 Å². The van der Waals surface area contributed by atoms with E-state index in [1.54, 1.807) is 12.1 Å². The van der Waals surface area contributed by atoms with Gasteiger partial charge in [0.2, 0.25) is 5.91 Å². The van der Waals surface area contributed by atoms with Gasteiger partial charge in [0.1, 0.15) is 0 Å². The number of fused-ring (bicyclic) bond motifs is 1. The summed E-state index contributed by atoms with van der Waals surface area (Å²) in [6.07, 6.45) is 0. The fourth-order valence-electron chi connectivity index (χ4n) is 2.03. The van der Waals surface area contributed by atoms with E-state index in [4.69, 9.17) is 0 Å². The molecule has 0 aliphatic carbocycles. The number of amides is 1. The van der Waals surface area contributed by atoms with E-state index in [1.807, 2.05) is 31.3 Å². The lowest BCUT2D eigenvalue weighted by molar-refractivity contribution is -0.119. The number of anilines is 1. The van der Waals surface area contributed by atoms with Crippen LogP contribution in [0.2, 0.25) is 0 Å². The molecule has 1 amide bonds. The number of carbonyl (C=O) groups is 1. The summed E-state index contributed by atoms with van der Waals surface area (Å²) < 4.78 is 0. The number of nitrogens with zero attached hydrogens (tertiary/aromatic N) is 1. The maximum absolute atomic E-state index is 12.0. The van der Waals surface area contributed by atoms with Gasteiger partial charge in [0.15, 0.2) is 0 Å². The van der Waals surface area contributed by atoms with Crippen LogP contribution >= 0.6 is 0 Å². The lowest BCUT2D eigenvalue weighted by Crippen LogP contribution is -2.40. The standard InChI is InChI=1S/C11H15N3O/c1-12-7-9-8-5-3-4-6-10(8)14(13-2)11(9)15/h3-6,9,12-13H,7H2,1-2H3. The molecule has 2 rings (SSSR count). The van der Waals surface area contributed by atoms with Crippen LogP contribution in [0.25, 0.3) is 0 Å². The monoisotopic (exact) mass is 205 g/mol. The molecule has 0 fully saturated rings. The van der Waals surface area contributed by atoms with E-state index >= 15 is 0 Å². The summed E-state index contributed by atoms with van der Waals surface area (Å²) in [7, 11) is 3.62. The SMILES string of the molecule is CNCC1C(=O)N(NC)c2ccccc21. The van der Waals surface area contributed by atoms with E-state index in [1.165, 1.54) is 0 Å². The van der Waals surface area contributed by atoms with Gasteiger partial charge in [-0.3, -0.25) is 4.79 Å². The molecule has 1 aromatic carbocycles. The van der Waals surface area contributed by atoms with E-state index in [-0.39, 0.29) is 11.8 Å². The average molecular weight is 205 g/mol. The molecule has 1 aliphatic heterocycles. The van der Waals surface area contributed by atoms with Crippen LogP contribution in [0.5, 0.6) is 0 Å². The summed E-state index contributed by atoms with van der Waals surface area (Å²) >= 11 is 0. The minimum Gasteiger partial charge on any atom is -0.319 e. The Hall–Kier alpha value is -1.39. The average Bonchev–Trinajstić information content (AvgIpc) is 2.53. The van der Waals surface area contributed by atoms with Crippen molar-refractivity contribution in [2.75, 3.05) is 25.6 Å². The van der Waals surface area contributed by atoms with Gasteiger partial charge in [0.05, 0.1) is 11.6 Å². The van der Waals surface area contributed by atoms with E-state index in [9.17, 15) is 4.79 Å². The zero-order valence-corrected chi connectivity index (χ0v) is 8.95. The molecule has 0 aromatic heterocycles. The highest BCUT2D eigenvalue weighted by Crippen LogP contribution is 2.35. The molecule has 80 valence electrons. The molecule has 2 N–H and O–H groups in total. The third-order valence-electron chi connectivity index (χ3n) is 2.70. The molecule has 0 spiro atoms. The van der Waals surface area contributed by atoms with Gasteiger partial charge in [0, 0.05) is 13.6 Å². The molecule has 1 atom stereocenters. The summed E-state index contributed by atoms with van der Waals surface area (Å²) in [6, 6.07) is 7.87. The quantitative estimate of drug-likeness (QED) is 0.754. The Labute approximate surface area is 89.2 Å². The Balaban J connectivity index is 2.42. The molecule has 0 saturated carbocycles. The second-order valence-electron chi connectivity index (χ2n) is 3.57. The molecule has 1 heterocycles. The lowest BCUT2D eigenvalue weighted by atomic mass is 10.0. The van der Waals surface area contributed by atoms with Crippen LogP contribution in [0.4, 0.5) is 5.69 Å². The number of hydrogen-bond acceptors (Lipinski definition) is 3. The largest absolute Gasteiger partial charge is 0.319 e. The molecule has 1 aromatic rings. The van der Waals surface area contributed by atoms with E-state index in [2.05, 4.69) is 10.7 Å².